The Bertz CT molecular complexity index is 1330. The summed E-state index contributed by atoms with van der Waals surface area (Å²) in [5, 5.41) is 1.56. The van der Waals surface area contributed by atoms with Gasteiger partial charge in [0, 0.05) is 21.4 Å². The van der Waals surface area contributed by atoms with E-state index in [1.807, 2.05) is 86.1 Å². The molecule has 1 fully saturated rings. The largest absolute Gasteiger partial charge is 0.490 e. The smallest absolute Gasteiger partial charge is 0.285 e. The maximum absolute atomic E-state index is 13.3. The van der Waals surface area contributed by atoms with E-state index < -0.39 is 0 Å². The van der Waals surface area contributed by atoms with Crippen molar-refractivity contribution in [2.45, 2.75) is 33.8 Å². The van der Waals surface area contributed by atoms with Gasteiger partial charge in [-0.15, -0.1) is 6.58 Å². The second-order valence-electron chi connectivity index (χ2n) is 8.27. The maximum atomic E-state index is 13.3. The van der Waals surface area contributed by atoms with Crippen LogP contribution in [0, 0.1) is 13.8 Å². The number of hydrogen-bond donors (Lipinski definition) is 0. The van der Waals surface area contributed by atoms with E-state index in [9.17, 15) is 4.79 Å². The molecule has 0 saturated carbocycles. The van der Waals surface area contributed by atoms with Crippen LogP contribution in [0.1, 0.15) is 35.0 Å². The number of ether oxygens (including phenoxy) is 2. The summed E-state index contributed by atoms with van der Waals surface area (Å²) in [6, 6.07) is 15.9. The average Bonchev–Trinajstić information content (AvgIpc) is 3.31. The third-order valence-corrected chi connectivity index (χ3v) is 7.43. The molecule has 1 aliphatic rings. The van der Waals surface area contributed by atoms with E-state index in [2.05, 4.69) is 22.5 Å². The summed E-state index contributed by atoms with van der Waals surface area (Å²) < 4.78 is 15.6. The number of thioether (sulfide) groups is 1. The molecule has 3 aromatic rings. The van der Waals surface area contributed by atoms with Crippen LogP contribution in [0.25, 0.3) is 6.08 Å². The van der Waals surface area contributed by atoms with Crippen LogP contribution in [0.4, 0.5) is 0 Å². The minimum absolute atomic E-state index is 0.147. The van der Waals surface area contributed by atoms with E-state index in [4.69, 9.17) is 21.7 Å². The Morgan fingerprint density at radius 2 is 1.78 bits per heavy atom. The number of halogens is 1. The molecule has 5 nitrogen and oxygen atoms in total. The zero-order chi connectivity index (χ0) is 25.8. The molecule has 0 radical (unpaired) electrons. The minimum Gasteiger partial charge on any atom is -0.490 e. The van der Waals surface area contributed by atoms with Gasteiger partial charge in [-0.05, 0) is 93.0 Å². The fourth-order valence-electron chi connectivity index (χ4n) is 4.00. The second kappa shape index (κ2) is 11.5. The Kier molecular flexibility index (Phi) is 8.39. The highest BCUT2D eigenvalue weighted by Gasteiger charge is 2.34. The molecule has 2 heterocycles. The van der Waals surface area contributed by atoms with Crippen LogP contribution in [0.15, 0.2) is 70.6 Å². The van der Waals surface area contributed by atoms with Crippen molar-refractivity contribution in [3.8, 4) is 11.5 Å². The Balaban J connectivity index is 1.67. The van der Waals surface area contributed by atoms with Crippen molar-refractivity contribution in [1.29, 1.82) is 0 Å². The van der Waals surface area contributed by atoms with Gasteiger partial charge in [0.25, 0.3) is 5.91 Å². The van der Waals surface area contributed by atoms with Gasteiger partial charge in [0.05, 0.1) is 11.5 Å². The summed E-state index contributed by atoms with van der Waals surface area (Å²) in [7, 11) is 0. The molecule has 36 heavy (non-hydrogen) atoms. The predicted molar refractivity (Wildman–Crippen MR) is 155 cm³/mol. The summed E-state index contributed by atoms with van der Waals surface area (Å²) >= 11 is 10.3. The monoisotopic (exact) mass is 582 g/mol. The van der Waals surface area contributed by atoms with Crippen LogP contribution < -0.4 is 14.5 Å². The second-order valence-corrected chi connectivity index (χ2v) is 10.9. The number of amides is 1. The van der Waals surface area contributed by atoms with Crippen molar-refractivity contribution in [2.24, 2.45) is 0 Å². The van der Waals surface area contributed by atoms with Crippen molar-refractivity contribution in [3.05, 3.63) is 98.6 Å². The standard InChI is InChI=1S/C28H27BrN2O3S2/c1-5-7-22-14-21(15-24(33-6-2)26(22)34-17-20-10-12-23(29)13-11-20)16-25-27(32)31(28(35)36-25)30-18(3)8-9-19(30)4/h5,8-16H,1,6-7,17H2,2-4H3/b25-16-. The first-order chi connectivity index (χ1) is 17.3. The molecule has 0 unspecified atom stereocenters. The minimum atomic E-state index is -0.147. The number of benzene rings is 2. The van der Waals surface area contributed by atoms with Crippen molar-refractivity contribution < 1.29 is 14.3 Å². The van der Waals surface area contributed by atoms with E-state index >= 15 is 0 Å². The summed E-state index contributed by atoms with van der Waals surface area (Å²) in [6.07, 6.45) is 4.29. The predicted octanol–water partition coefficient (Wildman–Crippen LogP) is 7.11. The van der Waals surface area contributed by atoms with Gasteiger partial charge in [0.2, 0.25) is 0 Å². The van der Waals surface area contributed by atoms with Crippen LogP contribution in [0.3, 0.4) is 0 Å². The molecule has 0 N–H and O–H groups in total. The SMILES string of the molecule is C=CCc1cc(/C=C2\SC(=S)N(n3c(C)ccc3C)C2=O)cc(OCC)c1OCc1ccc(Br)cc1. The molecule has 1 aliphatic heterocycles. The molecule has 8 heteroatoms. The Morgan fingerprint density at radius 1 is 1.08 bits per heavy atom. The van der Waals surface area contributed by atoms with Crippen LogP contribution >= 0.6 is 39.9 Å². The number of aryl methyl sites for hydroxylation is 2. The number of rotatable bonds is 9. The fraction of sp³-hybridized carbons (Fsp3) is 0.214. The molecule has 0 spiro atoms. The molecule has 4 rings (SSSR count). The highest BCUT2D eigenvalue weighted by Crippen LogP contribution is 2.38. The van der Waals surface area contributed by atoms with E-state index in [0.29, 0.717) is 40.4 Å². The molecule has 0 bridgehead atoms. The summed E-state index contributed by atoms with van der Waals surface area (Å²) in [5.41, 5.74) is 4.72. The third kappa shape index (κ3) is 5.61. The Hall–Kier alpha value is -2.81. The molecule has 0 aliphatic carbocycles. The number of aromatic nitrogens is 1. The lowest BCUT2D eigenvalue weighted by Gasteiger charge is -2.20. The van der Waals surface area contributed by atoms with Crippen molar-refractivity contribution in [3.63, 3.8) is 0 Å². The molecule has 186 valence electrons. The van der Waals surface area contributed by atoms with Crippen LogP contribution in [0.5, 0.6) is 11.5 Å². The highest BCUT2D eigenvalue weighted by atomic mass is 79.9. The van der Waals surface area contributed by atoms with E-state index in [1.165, 1.54) is 11.8 Å². The summed E-state index contributed by atoms with van der Waals surface area (Å²) in [5.74, 6) is 1.17. The van der Waals surface area contributed by atoms with Gasteiger partial charge in [0.15, 0.2) is 15.8 Å². The first-order valence-electron chi connectivity index (χ1n) is 11.5. The molecule has 1 aromatic heterocycles. The quantitative estimate of drug-likeness (QED) is 0.153. The summed E-state index contributed by atoms with van der Waals surface area (Å²) in [4.78, 5) is 13.9. The van der Waals surface area contributed by atoms with Crippen molar-refractivity contribution in [2.75, 3.05) is 11.6 Å². The van der Waals surface area contributed by atoms with Crippen LogP contribution in [0.2, 0.25) is 0 Å². The Morgan fingerprint density at radius 3 is 2.42 bits per heavy atom. The van der Waals surface area contributed by atoms with Crippen LogP contribution in [-0.4, -0.2) is 21.5 Å². The van der Waals surface area contributed by atoms with E-state index in [1.54, 1.807) is 5.01 Å². The number of carbonyl (C=O) groups is 1. The Labute approximate surface area is 229 Å². The van der Waals surface area contributed by atoms with Gasteiger partial charge in [-0.1, -0.05) is 45.9 Å². The highest BCUT2D eigenvalue weighted by molar-refractivity contribution is 9.10. The molecular formula is C28H27BrN2O3S2. The van der Waals surface area contributed by atoms with Gasteiger partial charge in [0.1, 0.15) is 6.61 Å². The van der Waals surface area contributed by atoms with Gasteiger partial charge >= 0.3 is 0 Å². The lowest BCUT2D eigenvalue weighted by atomic mass is 10.0. The fourth-order valence-corrected chi connectivity index (χ4v) is 5.50. The normalized spacial score (nSPS) is 14.6. The lowest BCUT2D eigenvalue weighted by Crippen LogP contribution is -2.39. The van der Waals surface area contributed by atoms with Gasteiger partial charge < -0.3 is 9.47 Å². The van der Waals surface area contributed by atoms with Crippen molar-refractivity contribution in [1.82, 2.24) is 4.68 Å². The molecule has 1 saturated heterocycles. The number of nitrogens with zero attached hydrogens (tertiary/aromatic N) is 2. The summed E-state index contributed by atoms with van der Waals surface area (Å²) in [6.45, 7) is 10.7. The topological polar surface area (TPSA) is 43.7 Å². The lowest BCUT2D eigenvalue weighted by molar-refractivity contribution is -0.114. The first kappa shape index (κ1) is 26.3. The number of carbonyl (C=O) groups excluding carboxylic acids is 1. The zero-order valence-electron chi connectivity index (χ0n) is 20.4. The van der Waals surface area contributed by atoms with Crippen LogP contribution in [-0.2, 0) is 17.8 Å². The van der Waals surface area contributed by atoms with Gasteiger partial charge in [-0.3, -0.25) is 9.47 Å². The van der Waals surface area contributed by atoms with Gasteiger partial charge in [-0.2, -0.15) is 5.01 Å². The first-order valence-corrected chi connectivity index (χ1v) is 13.5. The van der Waals surface area contributed by atoms with Gasteiger partial charge in [-0.25, -0.2) is 0 Å². The van der Waals surface area contributed by atoms with Crippen molar-refractivity contribution >= 4 is 56.2 Å². The zero-order valence-corrected chi connectivity index (χ0v) is 23.6. The molecule has 1 amide bonds. The average molecular weight is 584 g/mol. The number of hydrogen-bond acceptors (Lipinski definition) is 5. The maximum Gasteiger partial charge on any atom is 0.285 e. The molecule has 0 atom stereocenters. The molecule has 2 aromatic carbocycles. The van der Waals surface area contributed by atoms with E-state index in [0.717, 1.165) is 32.6 Å². The number of thiocarbonyl (C=S) groups is 1. The third-order valence-electron chi connectivity index (χ3n) is 5.62. The molecular weight excluding hydrogens is 556 g/mol. The number of allylic oxidation sites excluding steroid dienone is 1. The van der Waals surface area contributed by atoms with E-state index in [-0.39, 0.29) is 5.91 Å².